The van der Waals surface area contributed by atoms with Crippen LogP contribution in [-0.4, -0.2) is 31.7 Å². The molecule has 0 spiro atoms. The summed E-state index contributed by atoms with van der Waals surface area (Å²) in [7, 11) is -3.42. The van der Waals surface area contributed by atoms with E-state index >= 15 is 0 Å². The molecule has 0 N–H and O–H groups in total. The molecule has 0 saturated carbocycles. The predicted molar refractivity (Wildman–Crippen MR) is 75.6 cm³/mol. The third kappa shape index (κ3) is 3.70. The molecule has 3 nitrogen and oxygen atoms in total. The van der Waals surface area contributed by atoms with Crippen LogP contribution in [0, 0.1) is 6.92 Å². The van der Waals surface area contributed by atoms with Crippen LogP contribution in [0.1, 0.15) is 25.3 Å². The highest BCUT2D eigenvalue weighted by Gasteiger charge is 2.24. The monoisotopic (exact) mass is 289 g/mol. The van der Waals surface area contributed by atoms with Gasteiger partial charge in [0.2, 0.25) is 10.0 Å². The van der Waals surface area contributed by atoms with E-state index in [4.69, 9.17) is 11.6 Å². The summed E-state index contributed by atoms with van der Waals surface area (Å²) in [5.74, 6) is 0.314. The summed E-state index contributed by atoms with van der Waals surface area (Å²) >= 11 is 5.70. The topological polar surface area (TPSA) is 37.4 Å². The maximum absolute atomic E-state index is 12.5. The van der Waals surface area contributed by atoms with E-state index in [0.29, 0.717) is 23.9 Å². The van der Waals surface area contributed by atoms with Crippen molar-refractivity contribution in [1.82, 2.24) is 4.31 Å². The lowest BCUT2D eigenvalue weighted by molar-refractivity contribution is 0.420. The molecule has 0 fully saturated rings. The maximum atomic E-state index is 12.5. The molecule has 102 valence electrons. The molecule has 0 aliphatic carbocycles. The molecule has 0 atom stereocenters. The second-order valence-electron chi connectivity index (χ2n) is 4.21. The van der Waals surface area contributed by atoms with Crippen LogP contribution in [0.5, 0.6) is 0 Å². The number of hydrogen-bond donors (Lipinski definition) is 0. The third-order valence-electron chi connectivity index (χ3n) is 2.81. The van der Waals surface area contributed by atoms with Crippen molar-refractivity contribution < 1.29 is 8.42 Å². The van der Waals surface area contributed by atoms with Gasteiger partial charge in [-0.15, -0.1) is 11.6 Å². The van der Waals surface area contributed by atoms with Crippen molar-refractivity contribution in [3.05, 3.63) is 29.8 Å². The summed E-state index contributed by atoms with van der Waals surface area (Å²) in [5, 5.41) is 0. The summed E-state index contributed by atoms with van der Waals surface area (Å²) in [6.45, 7) is 4.74. The zero-order valence-corrected chi connectivity index (χ0v) is 12.5. The Balaban J connectivity index is 3.05. The number of rotatable bonds is 7. The van der Waals surface area contributed by atoms with Gasteiger partial charge in [-0.2, -0.15) is 4.31 Å². The van der Waals surface area contributed by atoms with Crippen LogP contribution in [0.4, 0.5) is 0 Å². The van der Waals surface area contributed by atoms with Crippen molar-refractivity contribution in [2.75, 3.05) is 19.0 Å². The second-order valence-corrected chi connectivity index (χ2v) is 6.50. The van der Waals surface area contributed by atoms with Gasteiger partial charge in [-0.3, -0.25) is 0 Å². The van der Waals surface area contributed by atoms with Gasteiger partial charge < -0.3 is 0 Å². The lowest BCUT2D eigenvalue weighted by Crippen LogP contribution is -2.34. The van der Waals surface area contributed by atoms with E-state index in [1.807, 2.05) is 26.0 Å². The molecule has 0 amide bonds. The molecule has 0 bridgehead atoms. The first-order valence-electron chi connectivity index (χ1n) is 6.15. The number of hydrogen-bond acceptors (Lipinski definition) is 2. The number of unbranched alkanes of at least 4 members (excludes halogenated alkanes) is 1. The van der Waals surface area contributed by atoms with Crippen molar-refractivity contribution in [3.8, 4) is 0 Å². The van der Waals surface area contributed by atoms with Crippen LogP contribution in [0.2, 0.25) is 0 Å². The summed E-state index contributed by atoms with van der Waals surface area (Å²) in [4.78, 5) is 0.381. The summed E-state index contributed by atoms with van der Waals surface area (Å²) in [6, 6.07) is 7.05. The molecule has 5 heteroatoms. The van der Waals surface area contributed by atoms with Crippen molar-refractivity contribution in [1.29, 1.82) is 0 Å². The van der Waals surface area contributed by atoms with Crippen molar-refractivity contribution in [3.63, 3.8) is 0 Å². The predicted octanol–water partition coefficient (Wildman–Crippen LogP) is 3.02. The molecule has 1 aromatic carbocycles. The fraction of sp³-hybridized carbons (Fsp3) is 0.538. The van der Waals surface area contributed by atoms with Crippen LogP contribution in [0.25, 0.3) is 0 Å². The first-order valence-corrected chi connectivity index (χ1v) is 8.13. The minimum Gasteiger partial charge on any atom is -0.207 e. The van der Waals surface area contributed by atoms with Crippen LogP contribution < -0.4 is 0 Å². The SMILES string of the molecule is CCCCN(CCCl)S(=O)(=O)c1ccccc1C. The lowest BCUT2D eigenvalue weighted by atomic mass is 10.2. The summed E-state index contributed by atoms with van der Waals surface area (Å²) in [5.41, 5.74) is 0.772. The zero-order valence-electron chi connectivity index (χ0n) is 10.9. The molecule has 0 saturated heterocycles. The zero-order chi connectivity index (χ0) is 13.6. The van der Waals surface area contributed by atoms with Gasteiger partial charge >= 0.3 is 0 Å². The standard InChI is InChI=1S/C13H20ClNO2S/c1-3-4-10-15(11-9-14)18(16,17)13-8-6-5-7-12(13)2/h5-8H,3-4,9-11H2,1-2H3. The fourth-order valence-electron chi connectivity index (χ4n) is 1.77. The van der Waals surface area contributed by atoms with Crippen LogP contribution in [0.3, 0.4) is 0 Å². The third-order valence-corrected chi connectivity index (χ3v) is 5.03. The molecule has 0 unspecified atom stereocenters. The molecule has 18 heavy (non-hydrogen) atoms. The summed E-state index contributed by atoms with van der Waals surface area (Å²) < 4.78 is 26.5. The van der Waals surface area contributed by atoms with Gasteiger partial charge in [-0.25, -0.2) is 8.42 Å². The number of halogens is 1. The van der Waals surface area contributed by atoms with E-state index in [-0.39, 0.29) is 0 Å². The Morgan fingerprint density at radius 2 is 1.89 bits per heavy atom. The van der Waals surface area contributed by atoms with Gasteiger partial charge in [0.25, 0.3) is 0 Å². The maximum Gasteiger partial charge on any atom is 0.243 e. The molecule has 0 radical (unpaired) electrons. The Kier molecular flexibility index (Phi) is 6.12. The van der Waals surface area contributed by atoms with E-state index in [2.05, 4.69) is 0 Å². The van der Waals surface area contributed by atoms with Gasteiger partial charge in [0.1, 0.15) is 0 Å². The van der Waals surface area contributed by atoms with Crippen molar-refractivity contribution in [2.24, 2.45) is 0 Å². The lowest BCUT2D eigenvalue weighted by Gasteiger charge is -2.22. The second kappa shape index (κ2) is 7.12. The Morgan fingerprint density at radius 1 is 1.22 bits per heavy atom. The first kappa shape index (κ1) is 15.5. The Bertz CT molecular complexity index is 474. The van der Waals surface area contributed by atoms with Crippen molar-refractivity contribution in [2.45, 2.75) is 31.6 Å². The number of nitrogens with zero attached hydrogens (tertiary/aromatic N) is 1. The molecule has 1 aromatic rings. The summed E-state index contributed by atoms with van der Waals surface area (Å²) in [6.07, 6.45) is 1.81. The van der Waals surface area contributed by atoms with Gasteiger partial charge in [0.15, 0.2) is 0 Å². The van der Waals surface area contributed by atoms with Crippen molar-refractivity contribution >= 4 is 21.6 Å². The minimum absolute atomic E-state index is 0.314. The van der Waals surface area contributed by atoms with Crippen LogP contribution in [-0.2, 0) is 10.0 Å². The van der Waals surface area contributed by atoms with Gasteiger partial charge in [-0.1, -0.05) is 31.5 Å². The largest absolute Gasteiger partial charge is 0.243 e. The highest BCUT2D eigenvalue weighted by Crippen LogP contribution is 2.19. The van der Waals surface area contributed by atoms with Gasteiger partial charge in [0, 0.05) is 19.0 Å². The normalized spacial score (nSPS) is 12.0. The van der Waals surface area contributed by atoms with E-state index < -0.39 is 10.0 Å². The van der Waals surface area contributed by atoms with Gasteiger partial charge in [0.05, 0.1) is 4.90 Å². The molecular weight excluding hydrogens is 270 g/mol. The minimum atomic E-state index is -3.42. The number of alkyl halides is 1. The van der Waals surface area contributed by atoms with Crippen LogP contribution in [0.15, 0.2) is 29.2 Å². The highest BCUT2D eigenvalue weighted by molar-refractivity contribution is 7.89. The molecular formula is C13H20ClNO2S. The van der Waals surface area contributed by atoms with Gasteiger partial charge in [-0.05, 0) is 25.0 Å². The molecule has 0 heterocycles. The molecule has 0 aliphatic rings. The number of benzene rings is 1. The average Bonchev–Trinajstić information content (AvgIpc) is 2.34. The first-order chi connectivity index (χ1) is 8.54. The van der Waals surface area contributed by atoms with E-state index in [1.165, 1.54) is 4.31 Å². The molecule has 0 aliphatic heterocycles. The molecule has 0 aromatic heterocycles. The quantitative estimate of drug-likeness (QED) is 0.724. The smallest absolute Gasteiger partial charge is 0.207 e. The number of sulfonamides is 1. The van der Waals surface area contributed by atoms with E-state index in [1.54, 1.807) is 12.1 Å². The Labute approximate surface area is 115 Å². The Hall–Kier alpha value is -0.580. The highest BCUT2D eigenvalue weighted by atomic mass is 35.5. The van der Waals surface area contributed by atoms with E-state index in [9.17, 15) is 8.42 Å². The number of aryl methyl sites for hydroxylation is 1. The van der Waals surface area contributed by atoms with E-state index in [0.717, 1.165) is 18.4 Å². The average molecular weight is 290 g/mol. The Morgan fingerprint density at radius 3 is 2.44 bits per heavy atom. The molecule has 1 rings (SSSR count). The van der Waals surface area contributed by atoms with Crippen LogP contribution >= 0.6 is 11.6 Å². The fourth-order valence-corrected chi connectivity index (χ4v) is 3.77.